The third-order valence-electron chi connectivity index (χ3n) is 4.74. The van der Waals surface area contributed by atoms with Gasteiger partial charge in [0, 0.05) is 31.4 Å². The smallest absolute Gasteiger partial charge is 0.159 e. The number of pyridine rings is 1. The fraction of sp³-hybridized carbons (Fsp3) is 0.136. The second-order valence-corrected chi connectivity index (χ2v) is 6.72. The van der Waals surface area contributed by atoms with E-state index < -0.39 is 0 Å². The minimum absolute atomic E-state index is 0.726. The molecule has 0 spiro atoms. The van der Waals surface area contributed by atoms with Crippen LogP contribution in [0, 0.1) is 0 Å². The Bertz CT molecular complexity index is 1190. The second kappa shape index (κ2) is 7.15. The molecule has 0 saturated carbocycles. The van der Waals surface area contributed by atoms with E-state index in [0.717, 1.165) is 50.3 Å². The van der Waals surface area contributed by atoms with Crippen molar-refractivity contribution in [2.75, 3.05) is 14.1 Å². The average Bonchev–Trinajstić information content (AvgIpc) is 3.31. The SMILES string of the molecule is C=C/C(=C\C(=C/C)c1ccc2[nH]nc(-c3nc4ccncc4[nH]3)c2c1)N(C)C. The predicted octanol–water partition coefficient (Wildman–Crippen LogP) is 4.54. The first-order valence-electron chi connectivity index (χ1n) is 9.07. The molecular formula is C22H22N6. The molecule has 4 rings (SSSR count). The molecule has 0 aliphatic rings. The Hall–Kier alpha value is -3.67. The van der Waals surface area contributed by atoms with Crippen molar-refractivity contribution in [3.8, 4) is 11.5 Å². The van der Waals surface area contributed by atoms with Crippen molar-refractivity contribution >= 4 is 27.5 Å². The highest BCUT2D eigenvalue weighted by Crippen LogP contribution is 2.29. The number of benzene rings is 1. The topological polar surface area (TPSA) is 73.5 Å². The van der Waals surface area contributed by atoms with Gasteiger partial charge in [0.05, 0.1) is 22.7 Å². The van der Waals surface area contributed by atoms with Crippen molar-refractivity contribution in [3.63, 3.8) is 0 Å². The Morgan fingerprint density at radius 3 is 2.75 bits per heavy atom. The monoisotopic (exact) mass is 370 g/mol. The number of aromatic amines is 2. The summed E-state index contributed by atoms with van der Waals surface area (Å²) in [5, 5.41) is 8.61. The van der Waals surface area contributed by atoms with Crippen LogP contribution in [0.4, 0.5) is 0 Å². The molecule has 2 N–H and O–H groups in total. The van der Waals surface area contributed by atoms with Crippen molar-refractivity contribution in [2.45, 2.75) is 6.92 Å². The van der Waals surface area contributed by atoms with E-state index >= 15 is 0 Å². The van der Waals surface area contributed by atoms with Crippen molar-refractivity contribution in [1.82, 2.24) is 30.0 Å². The molecule has 0 aliphatic heterocycles. The summed E-state index contributed by atoms with van der Waals surface area (Å²) in [7, 11) is 4.02. The third kappa shape index (κ3) is 3.09. The molecule has 0 unspecified atom stereocenters. The lowest BCUT2D eigenvalue weighted by Crippen LogP contribution is -2.09. The molecule has 1 aromatic carbocycles. The van der Waals surface area contributed by atoms with E-state index in [4.69, 9.17) is 0 Å². The Labute approximate surface area is 163 Å². The highest BCUT2D eigenvalue weighted by atomic mass is 15.1. The molecule has 0 fully saturated rings. The van der Waals surface area contributed by atoms with E-state index in [1.54, 1.807) is 12.4 Å². The number of fused-ring (bicyclic) bond motifs is 2. The Morgan fingerprint density at radius 2 is 2.04 bits per heavy atom. The first-order valence-corrected chi connectivity index (χ1v) is 9.07. The van der Waals surface area contributed by atoms with E-state index in [1.807, 2.05) is 44.1 Å². The molecular weight excluding hydrogens is 348 g/mol. The van der Waals surface area contributed by atoms with E-state index in [-0.39, 0.29) is 0 Å². The first-order chi connectivity index (χ1) is 13.6. The number of hydrogen-bond donors (Lipinski definition) is 2. The molecule has 6 heteroatoms. The van der Waals surface area contributed by atoms with Crippen LogP contribution in [0.15, 0.2) is 67.2 Å². The lowest BCUT2D eigenvalue weighted by Gasteiger charge is -2.14. The van der Waals surface area contributed by atoms with E-state index in [2.05, 4.69) is 56.0 Å². The molecule has 0 bridgehead atoms. The van der Waals surface area contributed by atoms with Gasteiger partial charge in [0.15, 0.2) is 5.82 Å². The largest absolute Gasteiger partial charge is 0.378 e. The van der Waals surface area contributed by atoms with Crippen LogP contribution in [0.5, 0.6) is 0 Å². The van der Waals surface area contributed by atoms with Crippen LogP contribution in [-0.2, 0) is 0 Å². The van der Waals surface area contributed by atoms with E-state index in [9.17, 15) is 0 Å². The van der Waals surface area contributed by atoms with Crippen molar-refractivity contribution in [2.24, 2.45) is 0 Å². The summed E-state index contributed by atoms with van der Waals surface area (Å²) < 4.78 is 0. The molecule has 0 atom stereocenters. The number of imidazole rings is 1. The van der Waals surface area contributed by atoms with Crippen LogP contribution >= 0.6 is 0 Å². The zero-order valence-electron chi connectivity index (χ0n) is 16.2. The first kappa shape index (κ1) is 17.7. The molecule has 0 radical (unpaired) electrons. The molecule has 0 aliphatic carbocycles. The molecule has 0 amide bonds. The number of aromatic nitrogens is 5. The summed E-state index contributed by atoms with van der Waals surface area (Å²) in [6, 6.07) is 8.17. The zero-order valence-corrected chi connectivity index (χ0v) is 16.2. The summed E-state index contributed by atoms with van der Waals surface area (Å²) in [5.41, 5.74) is 6.80. The average molecular weight is 370 g/mol. The molecule has 6 nitrogen and oxygen atoms in total. The Balaban J connectivity index is 1.83. The Kier molecular flexibility index (Phi) is 4.53. The summed E-state index contributed by atoms with van der Waals surface area (Å²) in [6.45, 7) is 5.95. The fourth-order valence-corrected chi connectivity index (χ4v) is 3.21. The van der Waals surface area contributed by atoms with Gasteiger partial charge in [-0.3, -0.25) is 10.1 Å². The van der Waals surface area contributed by atoms with Gasteiger partial charge in [-0.05, 0) is 48.4 Å². The standard InChI is InChI=1S/C22H22N6/c1-5-14(11-16(6-2)28(3)4)15-7-8-18-17(12-15)21(27-26-18)22-24-19-9-10-23-13-20(19)25-22/h5-13H,2H2,1,3-4H3,(H,24,25)(H,26,27)/b14-5+,16-11+. The minimum Gasteiger partial charge on any atom is -0.378 e. The highest BCUT2D eigenvalue weighted by molar-refractivity contribution is 5.95. The number of nitrogens with one attached hydrogen (secondary N) is 2. The number of nitrogens with zero attached hydrogens (tertiary/aromatic N) is 4. The zero-order chi connectivity index (χ0) is 19.7. The van der Waals surface area contributed by atoms with Gasteiger partial charge >= 0.3 is 0 Å². The summed E-state index contributed by atoms with van der Waals surface area (Å²) in [6.07, 6.45) is 9.59. The normalized spacial score (nSPS) is 12.7. The van der Waals surface area contributed by atoms with Gasteiger partial charge in [0.25, 0.3) is 0 Å². The van der Waals surface area contributed by atoms with Crippen LogP contribution < -0.4 is 0 Å². The van der Waals surface area contributed by atoms with Gasteiger partial charge in [-0.15, -0.1) is 0 Å². The number of likely N-dealkylation sites (N-methyl/N-ethyl adjacent to an activating group) is 1. The van der Waals surface area contributed by atoms with Crippen molar-refractivity contribution in [3.05, 3.63) is 72.7 Å². The molecule has 140 valence electrons. The number of allylic oxidation sites excluding steroid dienone is 4. The maximum Gasteiger partial charge on any atom is 0.159 e. The molecule has 0 saturated heterocycles. The molecule has 3 aromatic heterocycles. The summed E-state index contributed by atoms with van der Waals surface area (Å²) >= 11 is 0. The summed E-state index contributed by atoms with van der Waals surface area (Å²) in [4.78, 5) is 14.2. The van der Waals surface area contributed by atoms with Crippen LogP contribution in [0.1, 0.15) is 12.5 Å². The van der Waals surface area contributed by atoms with E-state index in [1.165, 1.54) is 0 Å². The highest BCUT2D eigenvalue weighted by Gasteiger charge is 2.14. The summed E-state index contributed by atoms with van der Waals surface area (Å²) in [5.74, 6) is 0.726. The van der Waals surface area contributed by atoms with E-state index in [0.29, 0.717) is 0 Å². The fourth-order valence-electron chi connectivity index (χ4n) is 3.21. The second-order valence-electron chi connectivity index (χ2n) is 6.72. The molecule has 28 heavy (non-hydrogen) atoms. The van der Waals surface area contributed by atoms with Crippen LogP contribution in [0.2, 0.25) is 0 Å². The maximum atomic E-state index is 4.66. The quantitative estimate of drug-likeness (QED) is 0.506. The number of rotatable bonds is 5. The van der Waals surface area contributed by atoms with Gasteiger partial charge in [0.1, 0.15) is 5.69 Å². The number of hydrogen-bond acceptors (Lipinski definition) is 4. The third-order valence-corrected chi connectivity index (χ3v) is 4.74. The van der Waals surface area contributed by atoms with Gasteiger partial charge in [0.2, 0.25) is 0 Å². The van der Waals surface area contributed by atoms with Gasteiger partial charge in [-0.25, -0.2) is 4.98 Å². The predicted molar refractivity (Wildman–Crippen MR) is 115 cm³/mol. The van der Waals surface area contributed by atoms with Crippen molar-refractivity contribution in [1.29, 1.82) is 0 Å². The number of H-pyrrole nitrogens is 2. The van der Waals surface area contributed by atoms with Gasteiger partial charge < -0.3 is 9.88 Å². The van der Waals surface area contributed by atoms with Crippen molar-refractivity contribution < 1.29 is 0 Å². The minimum atomic E-state index is 0.726. The lowest BCUT2D eigenvalue weighted by molar-refractivity contribution is 0.530. The van der Waals surface area contributed by atoms with Crippen LogP contribution in [0.3, 0.4) is 0 Å². The Morgan fingerprint density at radius 1 is 1.18 bits per heavy atom. The van der Waals surface area contributed by atoms with Crippen LogP contribution in [-0.4, -0.2) is 44.1 Å². The molecule has 4 aromatic rings. The van der Waals surface area contributed by atoms with Crippen LogP contribution in [0.25, 0.3) is 39.0 Å². The maximum absolute atomic E-state index is 4.66. The lowest BCUT2D eigenvalue weighted by atomic mass is 10.0. The van der Waals surface area contributed by atoms with Gasteiger partial charge in [-0.1, -0.05) is 18.7 Å². The molecule has 3 heterocycles. The van der Waals surface area contributed by atoms with Gasteiger partial charge in [-0.2, -0.15) is 5.10 Å².